The van der Waals surface area contributed by atoms with Crippen molar-refractivity contribution in [3.05, 3.63) is 0 Å². The number of hydrogen-bond acceptors (Lipinski definition) is 0. The van der Waals surface area contributed by atoms with Crippen molar-refractivity contribution in [1.29, 1.82) is 0 Å². The summed E-state index contributed by atoms with van der Waals surface area (Å²) in [4.78, 5) is 0. The van der Waals surface area contributed by atoms with E-state index in [1.807, 2.05) is 0 Å². The van der Waals surface area contributed by atoms with Gasteiger partial charge in [-0.1, -0.05) is 40.0 Å². The van der Waals surface area contributed by atoms with Crippen molar-refractivity contribution in [1.82, 2.24) is 0 Å². The van der Waals surface area contributed by atoms with E-state index in [0.717, 1.165) is 17.8 Å². The molecule has 0 aromatic carbocycles. The second-order valence-corrected chi connectivity index (χ2v) is 6.32. The molecular formula is C14H26. The van der Waals surface area contributed by atoms with E-state index in [1.165, 1.54) is 38.5 Å². The molecule has 0 saturated heterocycles. The van der Waals surface area contributed by atoms with Crippen LogP contribution in [0, 0.1) is 23.2 Å². The molecule has 2 fully saturated rings. The normalized spacial score (nSPS) is 39.2. The Morgan fingerprint density at radius 1 is 1.14 bits per heavy atom. The van der Waals surface area contributed by atoms with Gasteiger partial charge < -0.3 is 0 Å². The van der Waals surface area contributed by atoms with Gasteiger partial charge in [0, 0.05) is 0 Å². The first-order chi connectivity index (χ1) is 6.63. The standard InChI is InChI=1S/C14H26/c1-4-11-10-12(11)6-5-7-13-8-9-14(13,2)3/h11-13H,4-10H2,1-3H3. The molecule has 2 aliphatic rings. The molecule has 0 aromatic rings. The second-order valence-electron chi connectivity index (χ2n) is 6.32. The number of rotatable bonds is 5. The van der Waals surface area contributed by atoms with Gasteiger partial charge in [0.25, 0.3) is 0 Å². The molecule has 2 saturated carbocycles. The monoisotopic (exact) mass is 194 g/mol. The molecule has 0 spiro atoms. The third-order valence-electron chi connectivity index (χ3n) is 4.96. The lowest BCUT2D eigenvalue weighted by atomic mass is 9.61. The van der Waals surface area contributed by atoms with Crippen LogP contribution in [0.4, 0.5) is 0 Å². The van der Waals surface area contributed by atoms with Crippen LogP contribution in [-0.2, 0) is 0 Å². The first kappa shape index (κ1) is 10.5. The Morgan fingerprint density at radius 2 is 1.93 bits per heavy atom. The van der Waals surface area contributed by atoms with Crippen molar-refractivity contribution < 1.29 is 0 Å². The fourth-order valence-electron chi connectivity index (χ4n) is 3.25. The smallest absolute Gasteiger partial charge is 0.0326 e. The van der Waals surface area contributed by atoms with Crippen molar-refractivity contribution >= 4 is 0 Å². The fraction of sp³-hybridized carbons (Fsp3) is 1.00. The van der Waals surface area contributed by atoms with Gasteiger partial charge in [-0.2, -0.15) is 0 Å². The maximum Gasteiger partial charge on any atom is -0.0326 e. The highest BCUT2D eigenvalue weighted by Crippen LogP contribution is 2.50. The third kappa shape index (κ3) is 2.15. The molecule has 3 unspecified atom stereocenters. The summed E-state index contributed by atoms with van der Waals surface area (Å²) in [5, 5.41) is 0. The van der Waals surface area contributed by atoms with Gasteiger partial charge >= 0.3 is 0 Å². The summed E-state index contributed by atoms with van der Waals surface area (Å²) in [7, 11) is 0. The summed E-state index contributed by atoms with van der Waals surface area (Å²) in [6.45, 7) is 7.25. The Hall–Kier alpha value is 0. The molecule has 3 atom stereocenters. The van der Waals surface area contributed by atoms with Crippen molar-refractivity contribution in [3.8, 4) is 0 Å². The highest BCUT2D eigenvalue weighted by atomic mass is 14.4. The van der Waals surface area contributed by atoms with Crippen LogP contribution in [0.5, 0.6) is 0 Å². The lowest BCUT2D eigenvalue weighted by molar-refractivity contribution is 0.0619. The topological polar surface area (TPSA) is 0 Å². The van der Waals surface area contributed by atoms with Crippen molar-refractivity contribution in [3.63, 3.8) is 0 Å². The minimum atomic E-state index is 0.688. The Balaban J connectivity index is 1.56. The van der Waals surface area contributed by atoms with Crippen LogP contribution in [0.3, 0.4) is 0 Å². The van der Waals surface area contributed by atoms with Crippen LogP contribution < -0.4 is 0 Å². The molecule has 0 nitrogen and oxygen atoms in total. The molecule has 14 heavy (non-hydrogen) atoms. The van der Waals surface area contributed by atoms with E-state index in [2.05, 4.69) is 20.8 Å². The van der Waals surface area contributed by atoms with Crippen molar-refractivity contribution in [2.45, 2.75) is 65.7 Å². The van der Waals surface area contributed by atoms with Crippen LogP contribution in [0.25, 0.3) is 0 Å². The van der Waals surface area contributed by atoms with Crippen LogP contribution in [-0.4, -0.2) is 0 Å². The van der Waals surface area contributed by atoms with Crippen LogP contribution >= 0.6 is 0 Å². The SMILES string of the molecule is CCC1CC1CCCC1CCC1(C)C. The Kier molecular flexibility index (Phi) is 2.91. The minimum Gasteiger partial charge on any atom is -0.0651 e. The quantitative estimate of drug-likeness (QED) is 0.598. The van der Waals surface area contributed by atoms with E-state index < -0.39 is 0 Å². The molecule has 0 amide bonds. The molecule has 0 heteroatoms. The second kappa shape index (κ2) is 3.87. The van der Waals surface area contributed by atoms with Gasteiger partial charge in [-0.05, 0) is 48.9 Å². The van der Waals surface area contributed by atoms with E-state index in [4.69, 9.17) is 0 Å². The fourth-order valence-corrected chi connectivity index (χ4v) is 3.25. The number of hydrogen-bond donors (Lipinski definition) is 0. The minimum absolute atomic E-state index is 0.688. The van der Waals surface area contributed by atoms with Gasteiger partial charge in [0.1, 0.15) is 0 Å². The zero-order valence-corrected chi connectivity index (χ0v) is 10.2. The van der Waals surface area contributed by atoms with Crippen molar-refractivity contribution in [2.75, 3.05) is 0 Å². The molecule has 0 N–H and O–H groups in total. The average molecular weight is 194 g/mol. The van der Waals surface area contributed by atoms with Gasteiger partial charge in [0.15, 0.2) is 0 Å². The Labute approximate surface area is 89.5 Å². The first-order valence-corrected chi connectivity index (χ1v) is 6.63. The average Bonchev–Trinajstić information content (AvgIpc) is 2.89. The molecule has 0 aromatic heterocycles. The Morgan fingerprint density at radius 3 is 2.36 bits per heavy atom. The maximum absolute atomic E-state index is 2.45. The highest BCUT2D eigenvalue weighted by molar-refractivity contribution is 4.89. The predicted molar refractivity (Wildman–Crippen MR) is 62.2 cm³/mol. The highest BCUT2D eigenvalue weighted by Gasteiger charge is 2.39. The summed E-state index contributed by atoms with van der Waals surface area (Å²) in [6, 6.07) is 0. The molecule has 0 aliphatic heterocycles. The molecular weight excluding hydrogens is 168 g/mol. The van der Waals surface area contributed by atoms with Crippen LogP contribution in [0.1, 0.15) is 65.7 Å². The lowest BCUT2D eigenvalue weighted by Crippen LogP contribution is -2.34. The third-order valence-corrected chi connectivity index (χ3v) is 4.96. The zero-order chi connectivity index (χ0) is 10.2. The molecule has 0 bridgehead atoms. The summed E-state index contributed by atoms with van der Waals surface area (Å²) < 4.78 is 0. The largest absolute Gasteiger partial charge is 0.0651 e. The zero-order valence-electron chi connectivity index (χ0n) is 10.2. The molecule has 2 aliphatic carbocycles. The van der Waals surface area contributed by atoms with Gasteiger partial charge in [0.2, 0.25) is 0 Å². The Bertz CT molecular complexity index is 192. The van der Waals surface area contributed by atoms with Gasteiger partial charge in [-0.3, -0.25) is 0 Å². The van der Waals surface area contributed by atoms with E-state index in [1.54, 1.807) is 6.42 Å². The first-order valence-electron chi connectivity index (χ1n) is 6.63. The molecule has 82 valence electrons. The van der Waals surface area contributed by atoms with E-state index in [-0.39, 0.29) is 0 Å². The van der Waals surface area contributed by atoms with E-state index in [0.29, 0.717) is 5.41 Å². The summed E-state index contributed by atoms with van der Waals surface area (Å²) in [5.74, 6) is 3.30. The van der Waals surface area contributed by atoms with Crippen molar-refractivity contribution in [2.24, 2.45) is 23.2 Å². The van der Waals surface area contributed by atoms with E-state index >= 15 is 0 Å². The summed E-state index contributed by atoms with van der Waals surface area (Å²) in [6.07, 6.45) is 10.5. The summed E-state index contributed by atoms with van der Waals surface area (Å²) >= 11 is 0. The summed E-state index contributed by atoms with van der Waals surface area (Å²) in [5.41, 5.74) is 0.688. The van der Waals surface area contributed by atoms with Gasteiger partial charge in [-0.15, -0.1) is 0 Å². The van der Waals surface area contributed by atoms with Gasteiger partial charge in [0.05, 0.1) is 0 Å². The van der Waals surface area contributed by atoms with Gasteiger partial charge in [-0.25, -0.2) is 0 Å². The predicted octanol–water partition coefficient (Wildman–Crippen LogP) is 4.64. The molecule has 2 rings (SSSR count). The lowest BCUT2D eigenvalue weighted by Gasteiger charge is -2.45. The maximum atomic E-state index is 2.45. The molecule has 0 radical (unpaired) electrons. The van der Waals surface area contributed by atoms with Crippen LogP contribution in [0.15, 0.2) is 0 Å². The van der Waals surface area contributed by atoms with Crippen LogP contribution in [0.2, 0.25) is 0 Å². The van der Waals surface area contributed by atoms with E-state index in [9.17, 15) is 0 Å². The molecule has 0 heterocycles.